The Labute approximate surface area is 124 Å². The number of pyridine rings is 1. The first-order valence-electron chi connectivity index (χ1n) is 6.52. The Balaban J connectivity index is 2.57. The molecule has 1 aromatic carbocycles. The lowest BCUT2D eigenvalue weighted by atomic mass is 10.1. The van der Waals surface area contributed by atoms with E-state index in [1.165, 1.54) is 26.3 Å². The zero-order chi connectivity index (χ0) is 16.5. The minimum atomic E-state index is -4.51. The van der Waals surface area contributed by atoms with Gasteiger partial charge in [-0.05, 0) is 25.1 Å². The monoisotopic (exact) mass is 313 g/mol. The second-order valence-corrected chi connectivity index (χ2v) is 4.89. The predicted molar refractivity (Wildman–Crippen MR) is 74.6 cm³/mol. The first-order chi connectivity index (χ1) is 10.2. The van der Waals surface area contributed by atoms with Crippen LogP contribution in [-0.2, 0) is 22.3 Å². The van der Waals surface area contributed by atoms with Gasteiger partial charge in [0.2, 0.25) is 0 Å². The number of rotatable bonds is 3. The van der Waals surface area contributed by atoms with E-state index in [9.17, 15) is 22.8 Å². The highest BCUT2D eigenvalue weighted by Crippen LogP contribution is 2.30. The van der Waals surface area contributed by atoms with Crippen molar-refractivity contribution in [1.82, 2.24) is 4.57 Å². The van der Waals surface area contributed by atoms with E-state index in [0.29, 0.717) is 11.1 Å². The number of halogens is 3. The average molecular weight is 313 g/mol. The highest BCUT2D eigenvalue weighted by molar-refractivity contribution is 5.80. The van der Waals surface area contributed by atoms with E-state index >= 15 is 0 Å². The number of ether oxygens (including phenoxy) is 1. The minimum Gasteiger partial charge on any atom is -0.469 e. The van der Waals surface area contributed by atoms with E-state index < -0.39 is 23.1 Å². The maximum atomic E-state index is 12.8. The lowest BCUT2D eigenvalue weighted by Gasteiger charge is -2.13. The molecule has 1 heterocycles. The van der Waals surface area contributed by atoms with Crippen LogP contribution in [0.5, 0.6) is 0 Å². The van der Waals surface area contributed by atoms with Crippen LogP contribution in [0.3, 0.4) is 0 Å². The summed E-state index contributed by atoms with van der Waals surface area (Å²) in [5, 5.41) is -0.0142. The summed E-state index contributed by atoms with van der Waals surface area (Å²) in [6.45, 7) is 1.74. The van der Waals surface area contributed by atoms with Crippen molar-refractivity contribution in [2.24, 2.45) is 0 Å². The van der Waals surface area contributed by atoms with Gasteiger partial charge >= 0.3 is 12.1 Å². The van der Waals surface area contributed by atoms with Gasteiger partial charge in [0.15, 0.2) is 5.43 Å². The number of aryl methyl sites for hydroxylation is 2. The minimum absolute atomic E-state index is 0.0142. The average Bonchev–Trinajstić information content (AvgIpc) is 2.47. The highest BCUT2D eigenvalue weighted by atomic mass is 19.4. The number of fused-ring (bicyclic) bond motifs is 1. The van der Waals surface area contributed by atoms with E-state index in [-0.39, 0.29) is 18.4 Å². The van der Waals surface area contributed by atoms with Crippen molar-refractivity contribution in [3.8, 4) is 0 Å². The van der Waals surface area contributed by atoms with Crippen molar-refractivity contribution in [2.75, 3.05) is 7.11 Å². The van der Waals surface area contributed by atoms with E-state index in [0.717, 1.165) is 12.1 Å². The predicted octanol–water partition coefficient (Wildman–Crippen LogP) is 2.89. The number of hydrogen-bond acceptors (Lipinski definition) is 3. The van der Waals surface area contributed by atoms with Gasteiger partial charge in [0.05, 0.1) is 24.6 Å². The number of carbonyl (C=O) groups excluding carboxylic acids is 1. The van der Waals surface area contributed by atoms with E-state index in [2.05, 4.69) is 4.74 Å². The third kappa shape index (κ3) is 3.13. The molecule has 0 bridgehead atoms. The molecular weight excluding hydrogens is 299 g/mol. The SMILES string of the molecule is COC(=O)CCn1cc(C)c(=O)c2cc(C(F)(F)F)ccc21. The van der Waals surface area contributed by atoms with Crippen molar-refractivity contribution in [2.45, 2.75) is 26.1 Å². The third-order valence-corrected chi connectivity index (χ3v) is 3.37. The van der Waals surface area contributed by atoms with Crippen LogP contribution in [-0.4, -0.2) is 17.6 Å². The molecule has 0 aliphatic rings. The first kappa shape index (κ1) is 16.1. The van der Waals surface area contributed by atoms with Gasteiger partial charge in [-0.1, -0.05) is 0 Å². The Bertz CT molecular complexity index is 778. The van der Waals surface area contributed by atoms with Crippen LogP contribution >= 0.6 is 0 Å². The van der Waals surface area contributed by atoms with Gasteiger partial charge < -0.3 is 9.30 Å². The largest absolute Gasteiger partial charge is 0.469 e. The number of aromatic nitrogens is 1. The molecule has 2 rings (SSSR count). The molecule has 118 valence electrons. The van der Waals surface area contributed by atoms with Crippen LogP contribution in [0.1, 0.15) is 17.5 Å². The third-order valence-electron chi connectivity index (χ3n) is 3.37. The lowest BCUT2D eigenvalue weighted by Crippen LogP contribution is -2.15. The smallest absolute Gasteiger partial charge is 0.416 e. The molecule has 0 aliphatic heterocycles. The van der Waals surface area contributed by atoms with Crippen LogP contribution in [0.15, 0.2) is 29.2 Å². The van der Waals surface area contributed by atoms with Crippen molar-refractivity contribution in [3.05, 3.63) is 45.7 Å². The summed E-state index contributed by atoms with van der Waals surface area (Å²) in [7, 11) is 1.26. The summed E-state index contributed by atoms with van der Waals surface area (Å²) in [4.78, 5) is 23.3. The highest BCUT2D eigenvalue weighted by Gasteiger charge is 2.30. The fourth-order valence-corrected chi connectivity index (χ4v) is 2.22. The second kappa shape index (κ2) is 5.82. The molecule has 0 atom stereocenters. The van der Waals surface area contributed by atoms with Crippen LogP contribution in [0.4, 0.5) is 13.2 Å². The number of benzene rings is 1. The Morgan fingerprint density at radius 1 is 1.32 bits per heavy atom. The molecule has 7 heteroatoms. The maximum Gasteiger partial charge on any atom is 0.416 e. The van der Waals surface area contributed by atoms with Gasteiger partial charge in [-0.3, -0.25) is 9.59 Å². The molecule has 22 heavy (non-hydrogen) atoms. The van der Waals surface area contributed by atoms with Gasteiger partial charge in [-0.2, -0.15) is 13.2 Å². The van der Waals surface area contributed by atoms with E-state index in [1.54, 1.807) is 4.57 Å². The Kier molecular flexibility index (Phi) is 4.25. The van der Waals surface area contributed by atoms with Crippen LogP contribution in [0, 0.1) is 6.92 Å². The Morgan fingerprint density at radius 3 is 2.59 bits per heavy atom. The molecule has 0 amide bonds. The van der Waals surface area contributed by atoms with Crippen LogP contribution in [0.2, 0.25) is 0 Å². The summed E-state index contributed by atoms with van der Waals surface area (Å²) >= 11 is 0. The molecule has 0 fully saturated rings. The molecule has 0 N–H and O–H groups in total. The molecule has 0 spiro atoms. The molecule has 2 aromatic rings. The quantitative estimate of drug-likeness (QED) is 0.819. The fourth-order valence-electron chi connectivity index (χ4n) is 2.22. The molecule has 0 saturated heterocycles. The fraction of sp³-hybridized carbons (Fsp3) is 0.333. The molecular formula is C15H14F3NO3. The summed E-state index contributed by atoms with van der Waals surface area (Å²) in [6, 6.07) is 3.02. The molecule has 0 aliphatic carbocycles. The maximum absolute atomic E-state index is 12.8. The molecule has 1 aromatic heterocycles. The topological polar surface area (TPSA) is 48.3 Å². The van der Waals surface area contributed by atoms with Gasteiger partial charge in [0, 0.05) is 23.7 Å². The molecule has 0 saturated carbocycles. The number of esters is 1. The molecule has 0 unspecified atom stereocenters. The summed E-state index contributed by atoms with van der Waals surface area (Å²) in [6.07, 6.45) is -2.92. The Morgan fingerprint density at radius 2 is 2.00 bits per heavy atom. The lowest BCUT2D eigenvalue weighted by molar-refractivity contribution is -0.141. The first-order valence-corrected chi connectivity index (χ1v) is 6.52. The van der Waals surface area contributed by atoms with Crippen LogP contribution in [0.25, 0.3) is 10.9 Å². The Hall–Kier alpha value is -2.31. The van der Waals surface area contributed by atoms with Crippen molar-refractivity contribution >= 4 is 16.9 Å². The van der Waals surface area contributed by atoms with E-state index in [4.69, 9.17) is 0 Å². The number of nitrogens with zero attached hydrogens (tertiary/aromatic N) is 1. The zero-order valence-electron chi connectivity index (χ0n) is 12.0. The van der Waals surface area contributed by atoms with Gasteiger partial charge in [0.25, 0.3) is 0 Å². The summed E-state index contributed by atoms with van der Waals surface area (Å²) in [5.74, 6) is -0.434. The number of hydrogen-bond donors (Lipinski definition) is 0. The van der Waals surface area contributed by atoms with Crippen molar-refractivity contribution < 1.29 is 22.7 Å². The normalized spacial score (nSPS) is 11.7. The second-order valence-electron chi connectivity index (χ2n) is 4.89. The summed E-state index contributed by atoms with van der Waals surface area (Å²) < 4.78 is 44.5. The van der Waals surface area contributed by atoms with Crippen molar-refractivity contribution in [3.63, 3.8) is 0 Å². The van der Waals surface area contributed by atoms with Gasteiger partial charge in [0.1, 0.15) is 0 Å². The van der Waals surface area contributed by atoms with Crippen molar-refractivity contribution in [1.29, 1.82) is 0 Å². The number of alkyl halides is 3. The zero-order valence-corrected chi connectivity index (χ0v) is 12.0. The standard InChI is InChI=1S/C15H14F3NO3/c1-9-8-19(6-5-13(20)22-2)12-4-3-10(15(16,17)18)7-11(12)14(9)21/h3-4,7-8H,5-6H2,1-2H3. The molecule has 0 radical (unpaired) electrons. The van der Waals surface area contributed by atoms with Crippen LogP contribution < -0.4 is 5.43 Å². The number of methoxy groups -OCH3 is 1. The molecule has 4 nitrogen and oxygen atoms in total. The van der Waals surface area contributed by atoms with Gasteiger partial charge in [-0.25, -0.2) is 0 Å². The van der Waals surface area contributed by atoms with Gasteiger partial charge in [-0.15, -0.1) is 0 Å². The summed E-state index contributed by atoms with van der Waals surface area (Å²) in [5.41, 5.74) is -0.651. The van der Waals surface area contributed by atoms with E-state index in [1.807, 2.05) is 0 Å². The number of carbonyl (C=O) groups is 1.